The van der Waals surface area contributed by atoms with E-state index in [1.807, 2.05) is 0 Å². The Hall–Kier alpha value is -4.37. The van der Waals surface area contributed by atoms with Gasteiger partial charge < -0.3 is 13.9 Å². The van der Waals surface area contributed by atoms with Gasteiger partial charge in [0.1, 0.15) is 22.7 Å². The molecule has 0 unspecified atom stereocenters. The monoisotopic (exact) mass is 628 g/mol. The Morgan fingerprint density at radius 2 is 1.88 bits per heavy atom. The third-order valence-electron chi connectivity index (χ3n) is 5.61. The highest BCUT2D eigenvalue weighted by atomic mass is 35.5. The van der Waals surface area contributed by atoms with Crippen LogP contribution in [-0.2, 0) is 14.8 Å². The van der Waals surface area contributed by atoms with Gasteiger partial charge in [-0.25, -0.2) is 27.5 Å². The van der Waals surface area contributed by atoms with Crippen LogP contribution < -0.4 is 19.1 Å². The van der Waals surface area contributed by atoms with Crippen molar-refractivity contribution in [1.29, 1.82) is 0 Å². The van der Waals surface area contributed by atoms with E-state index in [0.717, 1.165) is 23.2 Å². The van der Waals surface area contributed by atoms with Crippen LogP contribution in [0.5, 0.6) is 11.5 Å². The van der Waals surface area contributed by atoms with Crippen molar-refractivity contribution in [2.24, 2.45) is 0 Å². The number of pyridine rings is 1. The summed E-state index contributed by atoms with van der Waals surface area (Å²) in [4.78, 5) is 21.8. The third-order valence-corrected chi connectivity index (χ3v) is 7.23. The maximum Gasteiger partial charge on any atom is 0.422 e. The quantitative estimate of drug-likeness (QED) is 0.201. The molecule has 4 aromatic rings. The molecule has 0 aliphatic heterocycles. The number of hydrogen-bond acceptors (Lipinski definition) is 8. The smallest absolute Gasteiger partial charge is 0.422 e. The largest absolute Gasteiger partial charge is 0.495 e. The molecule has 1 amide bonds. The van der Waals surface area contributed by atoms with Gasteiger partial charge >= 0.3 is 12.2 Å². The minimum absolute atomic E-state index is 0.00778. The molecule has 16 heteroatoms. The Balaban J connectivity index is 1.71. The molecule has 222 valence electrons. The van der Waals surface area contributed by atoms with Crippen molar-refractivity contribution < 1.29 is 44.7 Å². The van der Waals surface area contributed by atoms with Crippen LogP contribution in [0.4, 0.5) is 35.1 Å². The predicted octanol–water partition coefficient (Wildman–Crippen LogP) is 6.35. The summed E-state index contributed by atoms with van der Waals surface area (Å²) in [7, 11) is -2.80. The molecule has 0 atom stereocenters. The second kappa shape index (κ2) is 12.2. The minimum Gasteiger partial charge on any atom is -0.495 e. The molecule has 10 nitrogen and oxygen atoms in total. The number of nitrogens with one attached hydrogen (secondary N) is 1. The molecule has 2 aromatic heterocycles. The summed E-state index contributed by atoms with van der Waals surface area (Å²) in [5.74, 6) is -1.97. The van der Waals surface area contributed by atoms with Gasteiger partial charge in [-0.15, -0.1) is 0 Å². The number of amides is 1. The summed E-state index contributed by atoms with van der Waals surface area (Å²) in [6.07, 6.45) is -1.19. The van der Waals surface area contributed by atoms with Crippen LogP contribution in [0.15, 0.2) is 70.4 Å². The molecule has 4 rings (SSSR count). The van der Waals surface area contributed by atoms with Gasteiger partial charge in [0.2, 0.25) is 5.91 Å². The number of halogens is 5. The molecular formula is C26H21ClF4N4O6S. The fraction of sp³-hybridized carbons (Fsp3) is 0.192. The van der Waals surface area contributed by atoms with Crippen LogP contribution in [0.3, 0.4) is 0 Å². The van der Waals surface area contributed by atoms with Crippen LogP contribution in [0.2, 0.25) is 5.02 Å². The van der Waals surface area contributed by atoms with Gasteiger partial charge in [-0.05, 0) is 42.0 Å². The number of benzene rings is 2. The number of ether oxygens (including phenoxy) is 2. The van der Waals surface area contributed by atoms with E-state index in [4.69, 9.17) is 20.8 Å². The first-order valence-electron chi connectivity index (χ1n) is 11.9. The topological polar surface area (TPSA) is 124 Å². The molecule has 0 radical (unpaired) electrons. The Kier molecular flexibility index (Phi) is 8.92. The number of alkyl halides is 3. The summed E-state index contributed by atoms with van der Waals surface area (Å²) in [6.45, 7) is -0.0990. The summed E-state index contributed by atoms with van der Waals surface area (Å²) in [6, 6.07) is 8.31. The van der Waals surface area contributed by atoms with Crippen LogP contribution in [0.25, 0.3) is 11.1 Å². The lowest BCUT2D eigenvalue weighted by Crippen LogP contribution is -2.26. The number of anilines is 3. The fourth-order valence-corrected chi connectivity index (χ4v) is 4.85. The zero-order valence-corrected chi connectivity index (χ0v) is 23.3. The van der Waals surface area contributed by atoms with E-state index in [0.29, 0.717) is 0 Å². The number of methoxy groups -OCH3 is 1. The van der Waals surface area contributed by atoms with Crippen molar-refractivity contribution in [1.82, 2.24) is 9.97 Å². The van der Waals surface area contributed by atoms with Crippen molar-refractivity contribution >= 4 is 45.1 Å². The first-order valence-corrected chi connectivity index (χ1v) is 13.8. The molecule has 0 saturated heterocycles. The first-order chi connectivity index (χ1) is 19.8. The number of oxazole rings is 1. The number of aromatic nitrogens is 2. The molecule has 0 spiro atoms. The molecule has 1 N–H and O–H groups in total. The maximum absolute atomic E-state index is 14.1. The van der Waals surface area contributed by atoms with Crippen LogP contribution in [0.1, 0.15) is 13.3 Å². The molecule has 0 saturated carbocycles. The normalized spacial score (nSPS) is 11.7. The van der Waals surface area contributed by atoms with E-state index in [1.54, 1.807) is 6.92 Å². The van der Waals surface area contributed by atoms with Gasteiger partial charge in [-0.1, -0.05) is 24.6 Å². The lowest BCUT2D eigenvalue weighted by molar-refractivity contribution is -0.153. The van der Waals surface area contributed by atoms with Gasteiger partial charge in [0, 0.05) is 18.2 Å². The summed E-state index contributed by atoms with van der Waals surface area (Å²) < 4.78 is 94.4. The standard InChI is InChI=1S/C26H21ClF4N4O6S/c1-3-24(36)35(23-7-5-16(13-33-23)42(37,38)34-25-32-8-9-40-25)20-12-18(27)17(11-22(20)39-2)15-4-6-19(28)21(10-15)41-14-26(29,30)31/h4-13H,3,14H2,1-2H3,(H,32,34). The zero-order chi connectivity index (χ0) is 30.7. The van der Waals surface area contributed by atoms with Gasteiger partial charge in [-0.2, -0.15) is 13.2 Å². The van der Waals surface area contributed by atoms with Crippen molar-refractivity contribution in [3.63, 3.8) is 0 Å². The molecule has 0 bridgehead atoms. The number of hydrogen-bond donors (Lipinski definition) is 1. The average Bonchev–Trinajstić information content (AvgIpc) is 3.45. The molecule has 0 aliphatic carbocycles. The lowest BCUT2D eigenvalue weighted by Gasteiger charge is -2.25. The highest BCUT2D eigenvalue weighted by Crippen LogP contribution is 2.42. The number of rotatable bonds is 10. The van der Waals surface area contributed by atoms with Crippen molar-refractivity contribution in [3.8, 4) is 22.6 Å². The van der Waals surface area contributed by atoms with E-state index in [1.165, 1.54) is 49.9 Å². The van der Waals surface area contributed by atoms with E-state index < -0.39 is 40.3 Å². The molecule has 0 fully saturated rings. The lowest BCUT2D eigenvalue weighted by atomic mass is 10.0. The predicted molar refractivity (Wildman–Crippen MR) is 144 cm³/mol. The van der Waals surface area contributed by atoms with Gasteiger partial charge in [0.15, 0.2) is 18.2 Å². The summed E-state index contributed by atoms with van der Waals surface area (Å²) in [5.41, 5.74) is 0.586. The van der Waals surface area contributed by atoms with Crippen molar-refractivity contribution in [3.05, 3.63) is 72.0 Å². The highest BCUT2D eigenvalue weighted by molar-refractivity contribution is 7.92. The zero-order valence-electron chi connectivity index (χ0n) is 21.8. The van der Waals surface area contributed by atoms with Gasteiger partial charge in [0.25, 0.3) is 10.0 Å². The van der Waals surface area contributed by atoms with E-state index in [-0.39, 0.29) is 50.7 Å². The molecule has 0 aliphatic rings. The summed E-state index contributed by atoms with van der Waals surface area (Å²) >= 11 is 6.54. The second-order valence-corrected chi connectivity index (χ2v) is 10.5. The Labute approximate surface area is 241 Å². The maximum atomic E-state index is 14.1. The number of nitrogens with zero attached hydrogens (tertiary/aromatic N) is 3. The summed E-state index contributed by atoms with van der Waals surface area (Å²) in [5, 5.41) is 0.0300. The van der Waals surface area contributed by atoms with E-state index >= 15 is 0 Å². The van der Waals surface area contributed by atoms with Crippen LogP contribution in [0, 0.1) is 5.82 Å². The number of carbonyl (C=O) groups is 1. The highest BCUT2D eigenvalue weighted by Gasteiger charge is 2.29. The minimum atomic E-state index is -4.68. The second-order valence-electron chi connectivity index (χ2n) is 8.43. The van der Waals surface area contributed by atoms with Gasteiger partial charge in [0.05, 0.1) is 24.0 Å². The number of sulfonamides is 1. The fourth-order valence-electron chi connectivity index (χ4n) is 3.70. The van der Waals surface area contributed by atoms with Crippen molar-refractivity contribution in [2.45, 2.75) is 24.4 Å². The first kappa shape index (κ1) is 30.6. The Bertz CT molecular complexity index is 1680. The SMILES string of the molecule is CCC(=O)N(c1ccc(S(=O)(=O)Nc2ncco2)cn1)c1cc(Cl)c(-c2ccc(F)c(OCC(F)(F)F)c2)cc1OC. The molecule has 2 heterocycles. The van der Waals surface area contributed by atoms with E-state index in [2.05, 4.69) is 19.4 Å². The van der Waals surface area contributed by atoms with Gasteiger partial charge in [-0.3, -0.25) is 9.69 Å². The van der Waals surface area contributed by atoms with Crippen molar-refractivity contribution in [2.75, 3.05) is 23.3 Å². The third kappa shape index (κ3) is 6.91. The molecule has 42 heavy (non-hydrogen) atoms. The Morgan fingerprint density at radius 1 is 1.12 bits per heavy atom. The van der Waals surface area contributed by atoms with E-state index in [9.17, 15) is 30.8 Å². The van der Waals surface area contributed by atoms with Crippen LogP contribution >= 0.6 is 11.6 Å². The van der Waals surface area contributed by atoms with Crippen LogP contribution in [-0.4, -0.2) is 44.2 Å². The average molecular weight is 629 g/mol. The molecular weight excluding hydrogens is 608 g/mol. The Morgan fingerprint density at radius 3 is 2.48 bits per heavy atom. The number of carbonyl (C=O) groups excluding carboxylic acids is 1. The molecule has 2 aromatic carbocycles.